The highest BCUT2D eigenvalue weighted by molar-refractivity contribution is 4.91. The van der Waals surface area contributed by atoms with Crippen LogP contribution in [-0.4, -0.2) is 0 Å². The maximum Gasteiger partial charge on any atom is -0.0383 e. The second kappa shape index (κ2) is 5.76. The van der Waals surface area contributed by atoms with E-state index in [4.69, 9.17) is 0 Å². The van der Waals surface area contributed by atoms with Crippen molar-refractivity contribution in [2.24, 2.45) is 11.8 Å². The third-order valence-electron chi connectivity index (χ3n) is 2.22. The first-order valence-corrected chi connectivity index (χ1v) is 4.97. The molecule has 62 valence electrons. The molecule has 0 N–H and O–H groups in total. The van der Waals surface area contributed by atoms with Gasteiger partial charge in [-0.1, -0.05) is 47.0 Å². The lowest BCUT2D eigenvalue weighted by Gasteiger charge is -1.80. The third-order valence-corrected chi connectivity index (χ3v) is 2.22. The number of fused-ring (bicyclic) bond motifs is 1. The van der Waals surface area contributed by atoms with Crippen molar-refractivity contribution >= 4 is 0 Å². The summed E-state index contributed by atoms with van der Waals surface area (Å²) < 4.78 is 0. The molecule has 2 unspecified atom stereocenters. The molecule has 2 aliphatic rings. The van der Waals surface area contributed by atoms with Gasteiger partial charge < -0.3 is 0 Å². The molecule has 2 rings (SSSR count). The van der Waals surface area contributed by atoms with Gasteiger partial charge >= 0.3 is 0 Å². The summed E-state index contributed by atoms with van der Waals surface area (Å²) in [4.78, 5) is 0. The van der Waals surface area contributed by atoms with E-state index >= 15 is 0 Å². The van der Waals surface area contributed by atoms with Gasteiger partial charge in [-0.2, -0.15) is 0 Å². The second-order valence-corrected chi connectivity index (χ2v) is 2.69. The summed E-state index contributed by atoms with van der Waals surface area (Å²) >= 11 is 0. The summed E-state index contributed by atoms with van der Waals surface area (Å²) in [5, 5.41) is 0. The normalized spacial score (nSPS) is 32.4. The van der Waals surface area contributed by atoms with Crippen molar-refractivity contribution in [2.75, 3.05) is 0 Å². The Bertz CT molecular complexity index is 58.4. The van der Waals surface area contributed by atoms with E-state index in [1.165, 1.54) is 18.3 Å². The number of rotatable bonds is 0. The Hall–Kier alpha value is 0. The Morgan fingerprint density at radius 1 is 0.800 bits per heavy atom. The molecule has 2 saturated carbocycles. The molecule has 2 atom stereocenters. The highest BCUT2D eigenvalue weighted by atomic mass is 14.5. The summed E-state index contributed by atoms with van der Waals surface area (Å²) in [5.74, 6) is 2.43. The maximum absolute atomic E-state index is 2.00. The molecular formula is C10H22. The standard InChI is InChI=1S/C6H10.2C2H6/c1-2-5-4-6(5)3-1;2*1-2/h5-6H,1-4H2;2*1-2H3. The van der Waals surface area contributed by atoms with Crippen LogP contribution >= 0.6 is 0 Å². The molecule has 0 heterocycles. The Kier molecular flexibility index (Phi) is 5.76. The van der Waals surface area contributed by atoms with Gasteiger partial charge in [0.25, 0.3) is 0 Å². The van der Waals surface area contributed by atoms with E-state index < -0.39 is 0 Å². The fourth-order valence-corrected chi connectivity index (χ4v) is 1.66. The predicted molar refractivity (Wildman–Crippen MR) is 48.1 cm³/mol. The van der Waals surface area contributed by atoms with Crippen LogP contribution in [0.1, 0.15) is 53.4 Å². The SMILES string of the molecule is C1CC2CC2C1.CC.CC. The van der Waals surface area contributed by atoms with Gasteiger partial charge in [-0.25, -0.2) is 0 Å². The molecule has 0 aliphatic heterocycles. The van der Waals surface area contributed by atoms with Crippen molar-refractivity contribution in [1.29, 1.82) is 0 Å². The summed E-state index contributed by atoms with van der Waals surface area (Å²) in [5.41, 5.74) is 0. The monoisotopic (exact) mass is 142 g/mol. The Balaban J connectivity index is 0.000000180. The van der Waals surface area contributed by atoms with Crippen molar-refractivity contribution in [1.82, 2.24) is 0 Å². The molecule has 0 radical (unpaired) electrons. The smallest absolute Gasteiger partial charge is 0.0383 e. The first kappa shape index (κ1) is 10.0. The van der Waals surface area contributed by atoms with Gasteiger partial charge in [0.1, 0.15) is 0 Å². The van der Waals surface area contributed by atoms with Gasteiger partial charge in [-0.3, -0.25) is 0 Å². The largest absolute Gasteiger partial charge is 0.0683 e. The summed E-state index contributed by atoms with van der Waals surface area (Å²) in [7, 11) is 0. The highest BCUT2D eigenvalue weighted by Gasteiger charge is 2.40. The van der Waals surface area contributed by atoms with E-state index in [0.29, 0.717) is 0 Å². The molecule has 0 aromatic heterocycles. The Morgan fingerprint density at radius 2 is 1.20 bits per heavy atom. The van der Waals surface area contributed by atoms with Gasteiger partial charge in [-0.05, 0) is 18.3 Å². The molecule has 0 spiro atoms. The van der Waals surface area contributed by atoms with Crippen LogP contribution in [0.15, 0.2) is 0 Å². The molecular weight excluding hydrogens is 120 g/mol. The topological polar surface area (TPSA) is 0 Å². The zero-order valence-corrected chi connectivity index (χ0v) is 7.98. The molecule has 0 saturated heterocycles. The quantitative estimate of drug-likeness (QED) is 0.482. The predicted octanol–water partition coefficient (Wildman–Crippen LogP) is 3.86. The third kappa shape index (κ3) is 2.72. The fraction of sp³-hybridized carbons (Fsp3) is 1.00. The lowest BCUT2D eigenvalue weighted by Crippen LogP contribution is -1.64. The molecule has 0 heteroatoms. The molecule has 2 fully saturated rings. The van der Waals surface area contributed by atoms with Gasteiger partial charge in [0.05, 0.1) is 0 Å². The van der Waals surface area contributed by atoms with Crippen LogP contribution in [0, 0.1) is 11.8 Å². The van der Waals surface area contributed by atoms with E-state index in [1.807, 2.05) is 27.7 Å². The minimum absolute atomic E-state index is 1.21. The molecule has 0 nitrogen and oxygen atoms in total. The molecule has 10 heavy (non-hydrogen) atoms. The van der Waals surface area contributed by atoms with E-state index in [1.54, 1.807) is 19.3 Å². The summed E-state index contributed by atoms with van der Waals surface area (Å²) in [6, 6.07) is 0. The van der Waals surface area contributed by atoms with Crippen LogP contribution in [0.25, 0.3) is 0 Å². The molecule has 0 amide bonds. The highest BCUT2D eigenvalue weighted by Crippen LogP contribution is 2.51. The van der Waals surface area contributed by atoms with Gasteiger partial charge in [0.15, 0.2) is 0 Å². The molecule has 2 aliphatic carbocycles. The zero-order chi connectivity index (χ0) is 7.98. The van der Waals surface area contributed by atoms with Crippen molar-refractivity contribution in [2.45, 2.75) is 53.4 Å². The molecule has 0 aromatic rings. The lowest BCUT2D eigenvalue weighted by atomic mass is 10.3. The van der Waals surface area contributed by atoms with Gasteiger partial charge in [0, 0.05) is 0 Å². The van der Waals surface area contributed by atoms with E-state index in [-0.39, 0.29) is 0 Å². The first-order valence-electron chi connectivity index (χ1n) is 4.97. The minimum atomic E-state index is 1.21. The van der Waals surface area contributed by atoms with Crippen LogP contribution in [0.3, 0.4) is 0 Å². The van der Waals surface area contributed by atoms with Crippen molar-refractivity contribution in [3.63, 3.8) is 0 Å². The van der Waals surface area contributed by atoms with Gasteiger partial charge in [0.2, 0.25) is 0 Å². The second-order valence-electron chi connectivity index (χ2n) is 2.69. The van der Waals surface area contributed by atoms with Crippen LogP contribution in [0.2, 0.25) is 0 Å². The summed E-state index contributed by atoms with van der Waals surface area (Å²) in [6.45, 7) is 8.00. The number of hydrogen-bond acceptors (Lipinski definition) is 0. The summed E-state index contributed by atoms with van der Waals surface area (Å²) in [6.07, 6.45) is 6.24. The maximum atomic E-state index is 2.00. The average Bonchev–Trinajstić information content (AvgIpc) is 2.67. The Morgan fingerprint density at radius 3 is 1.30 bits per heavy atom. The Labute approximate surface area is 66.0 Å². The molecule has 0 aromatic carbocycles. The van der Waals surface area contributed by atoms with Crippen molar-refractivity contribution in [3.8, 4) is 0 Å². The van der Waals surface area contributed by atoms with E-state index in [0.717, 1.165) is 0 Å². The van der Waals surface area contributed by atoms with E-state index in [2.05, 4.69) is 0 Å². The van der Waals surface area contributed by atoms with E-state index in [9.17, 15) is 0 Å². The minimum Gasteiger partial charge on any atom is -0.0683 e. The molecule has 0 bridgehead atoms. The average molecular weight is 142 g/mol. The first-order chi connectivity index (χ1) is 4.97. The fourth-order valence-electron chi connectivity index (χ4n) is 1.66. The van der Waals surface area contributed by atoms with Crippen molar-refractivity contribution < 1.29 is 0 Å². The zero-order valence-electron chi connectivity index (χ0n) is 7.98. The lowest BCUT2D eigenvalue weighted by molar-refractivity contribution is 0.735. The van der Waals surface area contributed by atoms with Crippen LogP contribution in [-0.2, 0) is 0 Å². The van der Waals surface area contributed by atoms with Crippen LogP contribution in [0.5, 0.6) is 0 Å². The van der Waals surface area contributed by atoms with Gasteiger partial charge in [-0.15, -0.1) is 0 Å². The number of hydrogen-bond donors (Lipinski definition) is 0. The van der Waals surface area contributed by atoms with Crippen LogP contribution < -0.4 is 0 Å². The van der Waals surface area contributed by atoms with Crippen molar-refractivity contribution in [3.05, 3.63) is 0 Å². The van der Waals surface area contributed by atoms with Crippen LogP contribution in [0.4, 0.5) is 0 Å².